The molecule has 0 saturated heterocycles. The molecule has 2 aliphatic rings. The van der Waals surface area contributed by atoms with Crippen molar-refractivity contribution in [1.29, 1.82) is 0 Å². The molecule has 0 spiro atoms. The largest absolute Gasteiger partial charge is 0.454 e. The summed E-state index contributed by atoms with van der Waals surface area (Å²) in [6, 6.07) is 16.2. The van der Waals surface area contributed by atoms with E-state index in [1.54, 1.807) is 0 Å². The van der Waals surface area contributed by atoms with E-state index >= 15 is 0 Å². The van der Waals surface area contributed by atoms with Gasteiger partial charge < -0.3 is 14.4 Å². The van der Waals surface area contributed by atoms with Crippen LogP contribution in [0.1, 0.15) is 5.56 Å². The van der Waals surface area contributed by atoms with Crippen LogP contribution in [0.25, 0.3) is 11.3 Å². The minimum Gasteiger partial charge on any atom is -0.454 e. The number of aromatic nitrogens is 2. The molecule has 5 heteroatoms. The van der Waals surface area contributed by atoms with Crippen LogP contribution in [0.3, 0.4) is 0 Å². The molecule has 0 amide bonds. The van der Waals surface area contributed by atoms with Crippen LogP contribution < -0.4 is 14.4 Å². The molecule has 0 unspecified atom stereocenters. The normalized spacial score (nSPS) is 14.8. The molecule has 3 heterocycles. The molecule has 0 atom stereocenters. The van der Waals surface area contributed by atoms with Crippen LogP contribution in [0.15, 0.2) is 54.7 Å². The zero-order chi connectivity index (χ0) is 15.9. The summed E-state index contributed by atoms with van der Waals surface area (Å²) >= 11 is 0. The van der Waals surface area contributed by atoms with Gasteiger partial charge in [0.15, 0.2) is 11.5 Å². The molecular formula is C19H15N3O2. The molecule has 2 aliphatic heterocycles. The predicted octanol–water partition coefficient (Wildman–Crippen LogP) is 3.57. The number of fused-ring (bicyclic) bond motifs is 2. The molecular weight excluding hydrogens is 302 g/mol. The maximum Gasteiger partial charge on any atom is 0.231 e. The molecule has 118 valence electrons. The minimum absolute atomic E-state index is 0.276. The molecule has 0 aliphatic carbocycles. The fraction of sp³-hybridized carbons (Fsp3) is 0.158. The molecule has 3 aromatic rings. The van der Waals surface area contributed by atoms with Gasteiger partial charge in [-0.15, -0.1) is 0 Å². The van der Waals surface area contributed by atoms with Gasteiger partial charge in [-0.1, -0.05) is 18.2 Å². The van der Waals surface area contributed by atoms with Crippen molar-refractivity contribution in [1.82, 2.24) is 9.97 Å². The number of ether oxygens (including phenoxy) is 2. The summed E-state index contributed by atoms with van der Waals surface area (Å²) < 4.78 is 10.8. The molecule has 2 aromatic carbocycles. The number of hydrogen-bond donors (Lipinski definition) is 0. The van der Waals surface area contributed by atoms with Crippen LogP contribution in [-0.2, 0) is 6.42 Å². The van der Waals surface area contributed by atoms with E-state index in [9.17, 15) is 0 Å². The molecule has 24 heavy (non-hydrogen) atoms. The second kappa shape index (κ2) is 5.23. The molecule has 5 rings (SSSR count). The zero-order valence-corrected chi connectivity index (χ0v) is 13.0. The van der Waals surface area contributed by atoms with Gasteiger partial charge in [0.05, 0.1) is 5.69 Å². The maximum absolute atomic E-state index is 5.46. The monoisotopic (exact) mass is 317 g/mol. The van der Waals surface area contributed by atoms with Crippen molar-refractivity contribution in [2.75, 3.05) is 18.2 Å². The predicted molar refractivity (Wildman–Crippen MR) is 90.7 cm³/mol. The van der Waals surface area contributed by atoms with E-state index in [4.69, 9.17) is 14.5 Å². The summed E-state index contributed by atoms with van der Waals surface area (Å²) in [7, 11) is 0. The quantitative estimate of drug-likeness (QED) is 0.723. The van der Waals surface area contributed by atoms with E-state index in [1.165, 1.54) is 11.3 Å². The molecule has 0 saturated carbocycles. The summed E-state index contributed by atoms with van der Waals surface area (Å²) in [4.78, 5) is 11.4. The number of hydrogen-bond acceptors (Lipinski definition) is 5. The van der Waals surface area contributed by atoms with Gasteiger partial charge in [0.25, 0.3) is 0 Å². The molecule has 5 nitrogen and oxygen atoms in total. The highest BCUT2D eigenvalue weighted by atomic mass is 16.7. The highest BCUT2D eigenvalue weighted by Crippen LogP contribution is 2.36. The van der Waals surface area contributed by atoms with E-state index < -0.39 is 0 Å². The Morgan fingerprint density at radius 3 is 2.88 bits per heavy atom. The molecule has 0 bridgehead atoms. The molecule has 0 radical (unpaired) electrons. The summed E-state index contributed by atoms with van der Waals surface area (Å²) in [5.74, 6) is 2.27. The first-order valence-electron chi connectivity index (χ1n) is 7.97. The fourth-order valence-corrected chi connectivity index (χ4v) is 3.24. The lowest BCUT2D eigenvalue weighted by Crippen LogP contribution is -2.16. The van der Waals surface area contributed by atoms with Crippen LogP contribution in [0.5, 0.6) is 11.5 Å². The Bertz CT molecular complexity index is 926. The summed E-state index contributed by atoms with van der Waals surface area (Å²) in [5, 5.41) is 0. The van der Waals surface area contributed by atoms with Gasteiger partial charge in [-0.3, -0.25) is 0 Å². The first-order valence-corrected chi connectivity index (χ1v) is 7.97. The Morgan fingerprint density at radius 2 is 1.88 bits per heavy atom. The van der Waals surface area contributed by atoms with Crippen LogP contribution >= 0.6 is 0 Å². The Hall–Kier alpha value is -3.08. The summed E-state index contributed by atoms with van der Waals surface area (Å²) in [6.07, 6.45) is 2.83. The Kier molecular flexibility index (Phi) is 2.91. The summed E-state index contributed by atoms with van der Waals surface area (Å²) in [5.41, 5.74) is 4.41. The zero-order valence-electron chi connectivity index (χ0n) is 13.0. The van der Waals surface area contributed by atoms with Crippen LogP contribution in [-0.4, -0.2) is 23.3 Å². The van der Waals surface area contributed by atoms with Crippen LogP contribution in [0.4, 0.5) is 11.6 Å². The second-order valence-electron chi connectivity index (χ2n) is 5.84. The van der Waals surface area contributed by atoms with Gasteiger partial charge >= 0.3 is 0 Å². The number of anilines is 2. The van der Waals surface area contributed by atoms with Gasteiger partial charge in [-0.2, -0.15) is 0 Å². The molecule has 1 aromatic heterocycles. The van der Waals surface area contributed by atoms with Gasteiger partial charge in [-0.25, -0.2) is 9.97 Å². The summed E-state index contributed by atoms with van der Waals surface area (Å²) in [6.45, 7) is 1.18. The van der Waals surface area contributed by atoms with Gasteiger partial charge in [0.2, 0.25) is 12.7 Å². The third kappa shape index (κ3) is 2.09. The van der Waals surface area contributed by atoms with Gasteiger partial charge in [-0.05, 0) is 42.3 Å². The highest BCUT2D eigenvalue weighted by molar-refractivity contribution is 5.69. The Labute approximate surface area is 139 Å². The number of benzene rings is 2. The standard InChI is InChI=1S/C19H15N3O2/c1-2-4-16-13(3-1)8-10-22(16)19-20-9-7-15(21-19)14-5-6-17-18(11-14)24-12-23-17/h1-7,9,11H,8,10,12H2. The first kappa shape index (κ1) is 13.4. The van der Waals surface area contributed by atoms with Crippen molar-refractivity contribution in [2.24, 2.45) is 0 Å². The molecule has 0 fully saturated rings. The average molecular weight is 317 g/mol. The van der Waals surface area contributed by atoms with Crippen molar-refractivity contribution >= 4 is 11.6 Å². The van der Waals surface area contributed by atoms with Gasteiger partial charge in [0, 0.05) is 24.0 Å². The lowest BCUT2D eigenvalue weighted by molar-refractivity contribution is 0.174. The van der Waals surface area contributed by atoms with E-state index in [1.807, 2.05) is 30.5 Å². The minimum atomic E-state index is 0.276. The van der Waals surface area contributed by atoms with Crippen LogP contribution in [0.2, 0.25) is 0 Å². The van der Waals surface area contributed by atoms with Crippen molar-refractivity contribution in [2.45, 2.75) is 6.42 Å². The van der Waals surface area contributed by atoms with E-state index in [0.29, 0.717) is 0 Å². The number of para-hydroxylation sites is 1. The highest BCUT2D eigenvalue weighted by Gasteiger charge is 2.22. The smallest absolute Gasteiger partial charge is 0.231 e. The lowest BCUT2D eigenvalue weighted by Gasteiger charge is -2.17. The van der Waals surface area contributed by atoms with Crippen molar-refractivity contribution < 1.29 is 9.47 Å². The van der Waals surface area contributed by atoms with Crippen molar-refractivity contribution in [3.63, 3.8) is 0 Å². The number of nitrogens with zero attached hydrogens (tertiary/aromatic N) is 3. The third-order valence-electron chi connectivity index (χ3n) is 4.44. The maximum atomic E-state index is 5.46. The second-order valence-corrected chi connectivity index (χ2v) is 5.84. The van der Waals surface area contributed by atoms with Crippen molar-refractivity contribution in [3.05, 3.63) is 60.3 Å². The topological polar surface area (TPSA) is 47.5 Å². The lowest BCUT2D eigenvalue weighted by atomic mass is 10.1. The Balaban J connectivity index is 1.53. The van der Waals surface area contributed by atoms with E-state index in [0.717, 1.165) is 41.7 Å². The molecule has 0 N–H and O–H groups in total. The average Bonchev–Trinajstić information content (AvgIpc) is 3.28. The van der Waals surface area contributed by atoms with E-state index in [2.05, 4.69) is 34.1 Å². The third-order valence-corrected chi connectivity index (χ3v) is 4.44. The fourth-order valence-electron chi connectivity index (χ4n) is 3.24. The van der Waals surface area contributed by atoms with E-state index in [-0.39, 0.29) is 6.79 Å². The van der Waals surface area contributed by atoms with Crippen molar-refractivity contribution in [3.8, 4) is 22.8 Å². The Morgan fingerprint density at radius 1 is 0.958 bits per heavy atom. The first-order chi connectivity index (χ1) is 11.9. The van der Waals surface area contributed by atoms with Crippen LogP contribution in [0, 0.1) is 0 Å². The van der Waals surface area contributed by atoms with Gasteiger partial charge in [0.1, 0.15) is 0 Å². The number of rotatable bonds is 2. The SMILES string of the molecule is c1ccc2c(c1)CCN2c1nccc(-c2ccc3c(c2)OCO3)n1.